The van der Waals surface area contributed by atoms with E-state index in [4.69, 9.17) is 33.3 Å². The number of hydrogen-bond donors (Lipinski definition) is 3. The fraction of sp³-hybridized carbons (Fsp3) is 0.304. The molecule has 2 rings (SSSR count). The van der Waals surface area contributed by atoms with Gasteiger partial charge in [0.25, 0.3) is 5.91 Å². The number of halogens is 1. The molecule has 0 aromatic heterocycles. The van der Waals surface area contributed by atoms with Crippen LogP contribution in [0.5, 0.6) is 5.75 Å². The Morgan fingerprint density at radius 1 is 0.879 bits per heavy atom. The van der Waals surface area contributed by atoms with Crippen LogP contribution in [0.3, 0.4) is 0 Å². The van der Waals surface area contributed by atoms with Gasteiger partial charge in [0.15, 0.2) is 11.7 Å². The monoisotopic (exact) mass is 491 g/mol. The topological polar surface area (TPSA) is 106 Å². The molecular formula is C23H26ClN3O5S. The molecule has 8 nitrogen and oxygen atoms in total. The van der Waals surface area contributed by atoms with Crippen LogP contribution in [-0.4, -0.2) is 36.1 Å². The molecule has 3 N–H and O–H groups in total. The van der Waals surface area contributed by atoms with Crippen molar-refractivity contribution in [3.8, 4) is 5.75 Å². The number of carbonyl (C=O) groups excluding carboxylic acids is 3. The number of amides is 2. The molecule has 0 heterocycles. The van der Waals surface area contributed by atoms with E-state index in [1.165, 1.54) is 5.56 Å². The summed E-state index contributed by atoms with van der Waals surface area (Å²) in [5.41, 5.74) is 5.92. The first-order chi connectivity index (χ1) is 15.9. The highest BCUT2D eigenvalue weighted by atomic mass is 35.5. The maximum atomic E-state index is 11.9. The van der Waals surface area contributed by atoms with Gasteiger partial charge in [-0.1, -0.05) is 41.9 Å². The number of rotatable bonds is 11. The van der Waals surface area contributed by atoms with Gasteiger partial charge in [-0.2, -0.15) is 0 Å². The molecule has 2 aromatic carbocycles. The van der Waals surface area contributed by atoms with Crippen molar-refractivity contribution in [3.05, 3.63) is 65.2 Å². The maximum absolute atomic E-state index is 11.9. The van der Waals surface area contributed by atoms with Crippen LogP contribution < -0.4 is 20.9 Å². The van der Waals surface area contributed by atoms with Crippen LogP contribution in [0.25, 0.3) is 0 Å². The normalized spacial score (nSPS) is 10.1. The number of nitrogens with one attached hydrogen (secondary N) is 3. The van der Waals surface area contributed by atoms with E-state index < -0.39 is 5.91 Å². The van der Waals surface area contributed by atoms with E-state index in [0.717, 1.165) is 12.8 Å². The Kier molecular flexibility index (Phi) is 11.7. The highest BCUT2D eigenvalue weighted by Gasteiger charge is 2.09. The van der Waals surface area contributed by atoms with E-state index in [1.54, 1.807) is 24.3 Å². The molecule has 0 aliphatic rings. The van der Waals surface area contributed by atoms with Gasteiger partial charge in [-0.05, 0) is 61.3 Å². The summed E-state index contributed by atoms with van der Waals surface area (Å²) in [6.07, 6.45) is 2.14. The van der Waals surface area contributed by atoms with Crippen molar-refractivity contribution >= 4 is 46.7 Å². The molecule has 0 saturated heterocycles. The van der Waals surface area contributed by atoms with Crippen molar-refractivity contribution < 1.29 is 23.9 Å². The minimum atomic E-state index is -0.489. The zero-order chi connectivity index (χ0) is 23.9. The Bertz CT molecular complexity index is 925. The molecule has 0 atom stereocenters. The highest BCUT2D eigenvalue weighted by molar-refractivity contribution is 7.80. The van der Waals surface area contributed by atoms with E-state index in [1.807, 2.05) is 30.3 Å². The summed E-state index contributed by atoms with van der Waals surface area (Å²) in [5.74, 6) is -0.725. The standard InChI is InChI=1S/C23H26ClN3O5S/c24-18-11-13-19(14-12-18)32-16-21(29)26-27-23(33)25-20(28)9-4-10-22(30)31-15-5-8-17-6-2-1-3-7-17/h1-3,6-7,11-14H,4-5,8-10,15-16H2,(H,26,29)(H2,25,27,28,33). The molecular weight excluding hydrogens is 466 g/mol. The number of thiocarbonyl (C=S) groups is 1. The Morgan fingerprint density at radius 2 is 1.61 bits per heavy atom. The second kappa shape index (κ2) is 14.8. The van der Waals surface area contributed by atoms with Crippen molar-refractivity contribution in [1.29, 1.82) is 0 Å². The quantitative estimate of drug-likeness (QED) is 0.192. The van der Waals surface area contributed by atoms with Crippen LogP contribution in [0.15, 0.2) is 54.6 Å². The van der Waals surface area contributed by atoms with Crippen molar-refractivity contribution in [2.45, 2.75) is 32.1 Å². The fourth-order valence-corrected chi connectivity index (χ4v) is 2.93. The van der Waals surface area contributed by atoms with Crippen LogP contribution in [0.2, 0.25) is 5.02 Å². The molecule has 0 fully saturated rings. The summed E-state index contributed by atoms with van der Waals surface area (Å²) >= 11 is 10.7. The Morgan fingerprint density at radius 3 is 2.33 bits per heavy atom. The van der Waals surface area contributed by atoms with Crippen molar-refractivity contribution in [2.75, 3.05) is 13.2 Å². The van der Waals surface area contributed by atoms with Gasteiger partial charge in [0.1, 0.15) is 5.75 Å². The van der Waals surface area contributed by atoms with Crippen LogP contribution in [-0.2, 0) is 25.5 Å². The number of aryl methyl sites for hydroxylation is 1. The number of hydrazine groups is 1. The third-order valence-corrected chi connectivity index (χ3v) is 4.71. The van der Waals surface area contributed by atoms with Crippen molar-refractivity contribution in [1.82, 2.24) is 16.2 Å². The minimum Gasteiger partial charge on any atom is -0.484 e. The number of hydrogen-bond acceptors (Lipinski definition) is 6. The predicted octanol–water partition coefficient (Wildman–Crippen LogP) is 3.09. The average molecular weight is 492 g/mol. The molecule has 2 aromatic rings. The molecule has 0 bridgehead atoms. The number of esters is 1. The zero-order valence-electron chi connectivity index (χ0n) is 18.0. The minimum absolute atomic E-state index is 0.0664. The van der Waals surface area contributed by atoms with Gasteiger partial charge in [0, 0.05) is 17.9 Å². The smallest absolute Gasteiger partial charge is 0.305 e. The second-order valence-corrected chi connectivity index (χ2v) is 7.80. The van der Waals surface area contributed by atoms with Gasteiger partial charge in [0.05, 0.1) is 6.61 Å². The lowest BCUT2D eigenvalue weighted by atomic mass is 10.1. The maximum Gasteiger partial charge on any atom is 0.305 e. The molecule has 0 unspecified atom stereocenters. The molecule has 0 aliphatic carbocycles. The van der Waals surface area contributed by atoms with Crippen LogP contribution in [0, 0.1) is 0 Å². The summed E-state index contributed by atoms with van der Waals surface area (Å²) in [7, 11) is 0. The van der Waals surface area contributed by atoms with Crippen LogP contribution in [0.4, 0.5) is 0 Å². The van der Waals surface area contributed by atoms with Crippen molar-refractivity contribution in [3.63, 3.8) is 0 Å². The predicted molar refractivity (Wildman–Crippen MR) is 129 cm³/mol. The summed E-state index contributed by atoms with van der Waals surface area (Å²) in [4.78, 5) is 35.4. The SMILES string of the molecule is O=C(COc1ccc(Cl)cc1)NNC(=S)NC(=O)CCCC(=O)OCCCc1ccccc1. The van der Waals surface area contributed by atoms with E-state index in [-0.39, 0.29) is 36.4 Å². The van der Waals surface area contributed by atoms with Crippen LogP contribution >= 0.6 is 23.8 Å². The first kappa shape index (κ1) is 26.1. The lowest BCUT2D eigenvalue weighted by Gasteiger charge is -2.11. The molecule has 33 heavy (non-hydrogen) atoms. The summed E-state index contributed by atoms with van der Waals surface area (Å²) in [5, 5.41) is 2.91. The van der Waals surface area contributed by atoms with E-state index >= 15 is 0 Å². The van der Waals surface area contributed by atoms with Gasteiger partial charge in [-0.3, -0.25) is 25.2 Å². The summed E-state index contributed by atoms with van der Waals surface area (Å²) in [6, 6.07) is 16.5. The fourth-order valence-electron chi connectivity index (χ4n) is 2.64. The summed E-state index contributed by atoms with van der Waals surface area (Å²) in [6.45, 7) is 0.0913. The van der Waals surface area contributed by atoms with E-state index in [2.05, 4.69) is 16.2 Å². The highest BCUT2D eigenvalue weighted by Crippen LogP contribution is 2.15. The first-order valence-electron chi connectivity index (χ1n) is 10.4. The Balaban J connectivity index is 1.49. The number of benzene rings is 2. The van der Waals surface area contributed by atoms with Crippen molar-refractivity contribution in [2.24, 2.45) is 0 Å². The Hall–Kier alpha value is -3.17. The van der Waals surface area contributed by atoms with Gasteiger partial charge >= 0.3 is 5.97 Å². The molecule has 10 heteroatoms. The lowest BCUT2D eigenvalue weighted by molar-refractivity contribution is -0.143. The largest absolute Gasteiger partial charge is 0.484 e. The van der Waals surface area contributed by atoms with Gasteiger partial charge in [-0.25, -0.2) is 0 Å². The zero-order valence-corrected chi connectivity index (χ0v) is 19.5. The first-order valence-corrected chi connectivity index (χ1v) is 11.2. The Labute approximate surface area is 202 Å². The third kappa shape index (κ3) is 11.9. The molecule has 0 aliphatic heterocycles. The van der Waals surface area contributed by atoms with E-state index in [9.17, 15) is 14.4 Å². The van der Waals surface area contributed by atoms with E-state index in [0.29, 0.717) is 23.8 Å². The molecule has 2 amide bonds. The number of carbonyl (C=O) groups is 3. The molecule has 0 saturated carbocycles. The second-order valence-electron chi connectivity index (χ2n) is 6.96. The molecule has 0 radical (unpaired) electrons. The van der Waals surface area contributed by atoms with Crippen LogP contribution in [0.1, 0.15) is 31.2 Å². The molecule has 176 valence electrons. The molecule has 0 spiro atoms. The number of ether oxygens (including phenoxy) is 2. The average Bonchev–Trinajstić information content (AvgIpc) is 2.81. The van der Waals surface area contributed by atoms with Gasteiger partial charge in [-0.15, -0.1) is 0 Å². The summed E-state index contributed by atoms with van der Waals surface area (Å²) < 4.78 is 10.5. The third-order valence-electron chi connectivity index (χ3n) is 4.25. The van der Waals surface area contributed by atoms with Gasteiger partial charge in [0.2, 0.25) is 5.91 Å². The van der Waals surface area contributed by atoms with Gasteiger partial charge < -0.3 is 14.8 Å². The lowest BCUT2D eigenvalue weighted by Crippen LogP contribution is -2.49.